The largest absolute Gasteiger partial charge is 0.392 e. The molecule has 5 heteroatoms. The van der Waals surface area contributed by atoms with Crippen LogP contribution in [0.15, 0.2) is 48.5 Å². The Hall–Kier alpha value is -2.40. The van der Waals surface area contributed by atoms with E-state index in [1.807, 2.05) is 18.2 Å². The summed E-state index contributed by atoms with van der Waals surface area (Å²) in [5.74, 6) is -0.404. The Labute approximate surface area is 135 Å². The predicted molar refractivity (Wildman–Crippen MR) is 88.3 cm³/mol. The standard InChI is InChI=1S/C18H21FN2O2/c1-13(20-17-8-4-6-15(10-17)12-22)18(23)21(2)11-14-5-3-7-16(19)9-14/h3-10,13,20,22H,11-12H2,1-2H3. The average molecular weight is 316 g/mol. The monoisotopic (exact) mass is 316 g/mol. The highest BCUT2D eigenvalue weighted by Gasteiger charge is 2.17. The minimum Gasteiger partial charge on any atom is -0.392 e. The van der Waals surface area contributed by atoms with Crippen molar-refractivity contribution in [1.29, 1.82) is 0 Å². The molecule has 2 aromatic rings. The molecule has 4 nitrogen and oxygen atoms in total. The van der Waals surface area contributed by atoms with E-state index in [1.54, 1.807) is 37.1 Å². The maximum atomic E-state index is 13.2. The lowest BCUT2D eigenvalue weighted by molar-refractivity contribution is -0.130. The molecule has 0 saturated carbocycles. The van der Waals surface area contributed by atoms with Gasteiger partial charge in [0, 0.05) is 19.3 Å². The van der Waals surface area contributed by atoms with Gasteiger partial charge in [-0.25, -0.2) is 4.39 Å². The number of hydrogen-bond donors (Lipinski definition) is 2. The first kappa shape index (κ1) is 17.0. The SMILES string of the molecule is CC(Nc1cccc(CO)c1)C(=O)N(C)Cc1cccc(F)c1. The van der Waals surface area contributed by atoms with Gasteiger partial charge in [-0.15, -0.1) is 0 Å². The van der Waals surface area contributed by atoms with Crippen molar-refractivity contribution in [2.24, 2.45) is 0 Å². The maximum absolute atomic E-state index is 13.2. The molecule has 1 unspecified atom stereocenters. The molecule has 0 saturated heterocycles. The lowest BCUT2D eigenvalue weighted by Crippen LogP contribution is -2.38. The van der Waals surface area contributed by atoms with Gasteiger partial charge in [0.2, 0.25) is 5.91 Å². The van der Waals surface area contributed by atoms with E-state index in [1.165, 1.54) is 12.1 Å². The average Bonchev–Trinajstić information content (AvgIpc) is 2.54. The van der Waals surface area contributed by atoms with Crippen LogP contribution in [0.2, 0.25) is 0 Å². The summed E-state index contributed by atoms with van der Waals surface area (Å²) in [6.45, 7) is 2.08. The summed E-state index contributed by atoms with van der Waals surface area (Å²) >= 11 is 0. The number of benzene rings is 2. The summed E-state index contributed by atoms with van der Waals surface area (Å²) in [6, 6.07) is 13.1. The van der Waals surface area contributed by atoms with Crippen molar-refractivity contribution in [1.82, 2.24) is 4.90 Å². The highest BCUT2D eigenvalue weighted by Crippen LogP contribution is 2.13. The first-order valence-corrected chi connectivity index (χ1v) is 7.45. The third-order valence-electron chi connectivity index (χ3n) is 3.55. The number of carbonyl (C=O) groups excluding carboxylic acids is 1. The quantitative estimate of drug-likeness (QED) is 0.861. The molecule has 0 spiro atoms. The molecular formula is C18H21FN2O2. The Kier molecular flexibility index (Phi) is 5.71. The van der Waals surface area contributed by atoms with Gasteiger partial charge in [0.1, 0.15) is 11.9 Å². The van der Waals surface area contributed by atoms with Gasteiger partial charge in [-0.1, -0.05) is 24.3 Å². The van der Waals surface area contributed by atoms with Gasteiger partial charge in [-0.2, -0.15) is 0 Å². The Morgan fingerprint density at radius 2 is 1.91 bits per heavy atom. The van der Waals surface area contributed by atoms with Crippen LogP contribution in [-0.4, -0.2) is 29.0 Å². The van der Waals surface area contributed by atoms with Crippen LogP contribution in [0.3, 0.4) is 0 Å². The first-order valence-electron chi connectivity index (χ1n) is 7.45. The normalized spacial score (nSPS) is 11.8. The molecular weight excluding hydrogens is 295 g/mol. The zero-order valence-corrected chi connectivity index (χ0v) is 13.3. The third kappa shape index (κ3) is 4.79. The second-order valence-corrected chi connectivity index (χ2v) is 5.55. The Morgan fingerprint density at radius 1 is 1.22 bits per heavy atom. The summed E-state index contributed by atoms with van der Waals surface area (Å²) in [6.07, 6.45) is 0. The summed E-state index contributed by atoms with van der Waals surface area (Å²) < 4.78 is 13.2. The molecule has 122 valence electrons. The van der Waals surface area contributed by atoms with E-state index < -0.39 is 6.04 Å². The number of aliphatic hydroxyl groups is 1. The Morgan fingerprint density at radius 3 is 2.61 bits per heavy atom. The first-order chi connectivity index (χ1) is 11.0. The van der Waals surface area contributed by atoms with Crippen LogP contribution < -0.4 is 5.32 Å². The zero-order valence-electron chi connectivity index (χ0n) is 13.3. The van der Waals surface area contributed by atoms with E-state index in [-0.39, 0.29) is 18.3 Å². The number of aliphatic hydroxyl groups excluding tert-OH is 1. The molecule has 2 rings (SSSR count). The van der Waals surface area contributed by atoms with Crippen LogP contribution in [-0.2, 0) is 17.9 Å². The van der Waals surface area contributed by atoms with Gasteiger partial charge in [0.05, 0.1) is 6.61 Å². The third-order valence-corrected chi connectivity index (χ3v) is 3.55. The van der Waals surface area contributed by atoms with Gasteiger partial charge in [0.15, 0.2) is 0 Å². The summed E-state index contributed by atoms with van der Waals surface area (Å²) in [7, 11) is 1.69. The lowest BCUT2D eigenvalue weighted by Gasteiger charge is -2.23. The van der Waals surface area contributed by atoms with Crippen molar-refractivity contribution >= 4 is 11.6 Å². The highest BCUT2D eigenvalue weighted by atomic mass is 19.1. The summed E-state index contributed by atoms with van der Waals surface area (Å²) in [5, 5.41) is 12.3. The zero-order chi connectivity index (χ0) is 16.8. The van der Waals surface area contributed by atoms with Crippen LogP contribution in [0, 0.1) is 5.82 Å². The molecule has 0 bridgehead atoms. The molecule has 0 fully saturated rings. The molecule has 2 N–H and O–H groups in total. The second kappa shape index (κ2) is 7.74. The van der Waals surface area contributed by atoms with Gasteiger partial charge in [-0.3, -0.25) is 4.79 Å². The smallest absolute Gasteiger partial charge is 0.244 e. The van der Waals surface area contributed by atoms with E-state index in [9.17, 15) is 9.18 Å². The summed E-state index contributed by atoms with van der Waals surface area (Å²) in [4.78, 5) is 14.0. The fraction of sp³-hybridized carbons (Fsp3) is 0.278. The molecule has 0 aliphatic carbocycles. The topological polar surface area (TPSA) is 52.6 Å². The van der Waals surface area contributed by atoms with Crippen molar-refractivity contribution in [3.63, 3.8) is 0 Å². The molecule has 1 amide bonds. The van der Waals surface area contributed by atoms with Crippen molar-refractivity contribution in [3.8, 4) is 0 Å². The molecule has 1 atom stereocenters. The van der Waals surface area contributed by atoms with Crippen molar-refractivity contribution < 1.29 is 14.3 Å². The van der Waals surface area contributed by atoms with Gasteiger partial charge in [0.25, 0.3) is 0 Å². The Bertz CT molecular complexity index is 676. The van der Waals surface area contributed by atoms with E-state index in [4.69, 9.17) is 5.11 Å². The minimum atomic E-state index is -0.428. The number of likely N-dealkylation sites (N-methyl/N-ethyl adjacent to an activating group) is 1. The van der Waals surface area contributed by atoms with E-state index in [0.29, 0.717) is 6.54 Å². The molecule has 23 heavy (non-hydrogen) atoms. The number of anilines is 1. The highest BCUT2D eigenvalue weighted by molar-refractivity contribution is 5.84. The van der Waals surface area contributed by atoms with Crippen LogP contribution in [0.5, 0.6) is 0 Å². The van der Waals surface area contributed by atoms with Crippen LogP contribution in [0.1, 0.15) is 18.1 Å². The fourth-order valence-electron chi connectivity index (χ4n) is 2.39. The molecule has 0 heterocycles. The summed E-state index contributed by atoms with van der Waals surface area (Å²) in [5.41, 5.74) is 2.30. The number of hydrogen-bond acceptors (Lipinski definition) is 3. The van der Waals surface area contributed by atoms with Gasteiger partial charge in [-0.05, 0) is 42.3 Å². The number of nitrogens with one attached hydrogen (secondary N) is 1. The van der Waals surface area contributed by atoms with Crippen molar-refractivity contribution in [2.75, 3.05) is 12.4 Å². The molecule has 0 radical (unpaired) electrons. The van der Waals surface area contributed by atoms with Gasteiger partial charge < -0.3 is 15.3 Å². The van der Waals surface area contributed by atoms with Crippen molar-refractivity contribution in [2.45, 2.75) is 26.1 Å². The fourth-order valence-corrected chi connectivity index (χ4v) is 2.39. The molecule has 0 aliphatic heterocycles. The minimum absolute atomic E-state index is 0.0443. The number of halogens is 1. The van der Waals surface area contributed by atoms with E-state index >= 15 is 0 Å². The Balaban J connectivity index is 1.98. The predicted octanol–water partition coefficient (Wildman–Crippen LogP) is 2.78. The molecule has 0 aromatic heterocycles. The van der Waals surface area contributed by atoms with Crippen LogP contribution in [0.4, 0.5) is 10.1 Å². The van der Waals surface area contributed by atoms with Crippen molar-refractivity contribution in [3.05, 3.63) is 65.5 Å². The van der Waals surface area contributed by atoms with E-state index in [2.05, 4.69) is 5.32 Å². The second-order valence-electron chi connectivity index (χ2n) is 5.55. The van der Waals surface area contributed by atoms with E-state index in [0.717, 1.165) is 16.8 Å². The van der Waals surface area contributed by atoms with Gasteiger partial charge >= 0.3 is 0 Å². The number of nitrogens with zero attached hydrogens (tertiary/aromatic N) is 1. The van der Waals surface area contributed by atoms with Crippen LogP contribution >= 0.6 is 0 Å². The van der Waals surface area contributed by atoms with Crippen LogP contribution in [0.25, 0.3) is 0 Å². The number of amides is 1. The molecule has 0 aliphatic rings. The molecule has 2 aromatic carbocycles. The number of rotatable bonds is 6. The number of carbonyl (C=O) groups is 1. The maximum Gasteiger partial charge on any atom is 0.244 e. The lowest BCUT2D eigenvalue weighted by atomic mass is 10.1.